The SMILES string of the molecule is O=C1C2C3CC(c4ccccc4)C(C3)C2C(=O)N1c1ccc(Oc2ccc(Cl)cc2)cc1. The predicted molar refractivity (Wildman–Crippen MR) is 123 cm³/mol. The van der Waals surface area contributed by atoms with E-state index in [0.29, 0.717) is 34.0 Å². The number of imide groups is 1. The van der Waals surface area contributed by atoms with E-state index in [0.717, 1.165) is 12.8 Å². The highest BCUT2D eigenvalue weighted by atomic mass is 35.5. The molecule has 2 aliphatic carbocycles. The molecule has 5 atom stereocenters. The van der Waals surface area contributed by atoms with Crippen LogP contribution < -0.4 is 9.64 Å². The largest absolute Gasteiger partial charge is 0.457 e. The van der Waals surface area contributed by atoms with Gasteiger partial charge in [0.1, 0.15) is 11.5 Å². The van der Waals surface area contributed by atoms with Crippen molar-refractivity contribution >= 4 is 29.1 Å². The second-order valence-electron chi connectivity index (χ2n) is 9.03. The maximum Gasteiger partial charge on any atom is 0.237 e. The number of ether oxygens (including phenoxy) is 1. The van der Waals surface area contributed by atoms with Gasteiger partial charge in [-0.15, -0.1) is 0 Å². The van der Waals surface area contributed by atoms with Crippen molar-refractivity contribution in [3.63, 3.8) is 0 Å². The minimum absolute atomic E-state index is 0.0367. The number of hydrogen-bond acceptors (Lipinski definition) is 3. The second-order valence-corrected chi connectivity index (χ2v) is 9.46. The van der Waals surface area contributed by atoms with E-state index in [4.69, 9.17) is 16.3 Å². The van der Waals surface area contributed by atoms with Crippen molar-refractivity contribution in [2.75, 3.05) is 4.90 Å². The third-order valence-corrected chi connectivity index (χ3v) is 7.64. The van der Waals surface area contributed by atoms with Crippen molar-refractivity contribution < 1.29 is 14.3 Å². The summed E-state index contributed by atoms with van der Waals surface area (Å²) >= 11 is 5.92. The molecule has 1 heterocycles. The average molecular weight is 444 g/mol. The van der Waals surface area contributed by atoms with Gasteiger partial charge in [-0.2, -0.15) is 0 Å². The van der Waals surface area contributed by atoms with E-state index in [-0.39, 0.29) is 29.6 Å². The monoisotopic (exact) mass is 443 g/mol. The lowest BCUT2D eigenvalue weighted by Gasteiger charge is -2.28. The van der Waals surface area contributed by atoms with Gasteiger partial charge in [0.25, 0.3) is 0 Å². The van der Waals surface area contributed by atoms with E-state index in [9.17, 15) is 9.59 Å². The Balaban J connectivity index is 1.23. The molecule has 160 valence electrons. The molecule has 5 unspecified atom stereocenters. The third-order valence-electron chi connectivity index (χ3n) is 7.39. The first kappa shape index (κ1) is 19.6. The fourth-order valence-electron chi connectivity index (χ4n) is 6.10. The summed E-state index contributed by atoms with van der Waals surface area (Å²) in [7, 11) is 0. The topological polar surface area (TPSA) is 46.6 Å². The summed E-state index contributed by atoms with van der Waals surface area (Å²) in [6.07, 6.45) is 1.98. The molecule has 0 radical (unpaired) electrons. The van der Waals surface area contributed by atoms with E-state index in [2.05, 4.69) is 24.3 Å². The maximum atomic E-state index is 13.4. The van der Waals surface area contributed by atoms with E-state index in [1.54, 1.807) is 48.5 Å². The molecular weight excluding hydrogens is 422 g/mol. The number of carbonyl (C=O) groups is 2. The quantitative estimate of drug-likeness (QED) is 0.460. The fraction of sp³-hybridized carbons (Fsp3) is 0.259. The Bertz CT molecular complexity index is 1180. The summed E-state index contributed by atoms with van der Waals surface area (Å²) in [6, 6.07) is 24.7. The summed E-state index contributed by atoms with van der Waals surface area (Å²) in [5.41, 5.74) is 1.91. The summed E-state index contributed by atoms with van der Waals surface area (Å²) in [5.74, 6) is 1.78. The molecule has 2 saturated carbocycles. The molecule has 3 aromatic carbocycles. The predicted octanol–water partition coefficient (Wildman–Crippen LogP) is 6.06. The van der Waals surface area contributed by atoms with Crippen molar-refractivity contribution in [3.8, 4) is 11.5 Å². The van der Waals surface area contributed by atoms with Crippen LogP contribution in [0.3, 0.4) is 0 Å². The third kappa shape index (κ3) is 3.05. The van der Waals surface area contributed by atoms with Crippen LogP contribution >= 0.6 is 11.6 Å². The molecule has 0 spiro atoms. The minimum atomic E-state index is -0.198. The van der Waals surface area contributed by atoms with Gasteiger partial charge in [0, 0.05) is 5.02 Å². The molecule has 3 aliphatic rings. The van der Waals surface area contributed by atoms with Crippen LogP contribution in [0.2, 0.25) is 5.02 Å². The molecule has 2 amide bonds. The van der Waals surface area contributed by atoms with Crippen LogP contribution in [0.15, 0.2) is 78.9 Å². The Kier molecular flexibility index (Phi) is 4.58. The first-order chi connectivity index (χ1) is 15.6. The van der Waals surface area contributed by atoms with Gasteiger partial charge in [-0.3, -0.25) is 14.5 Å². The zero-order valence-corrected chi connectivity index (χ0v) is 18.1. The van der Waals surface area contributed by atoms with Crippen LogP contribution in [0, 0.1) is 23.7 Å². The Morgan fingerprint density at radius 3 is 2.06 bits per heavy atom. The Morgan fingerprint density at radius 2 is 1.38 bits per heavy atom. The van der Waals surface area contributed by atoms with Gasteiger partial charge >= 0.3 is 0 Å². The van der Waals surface area contributed by atoms with Gasteiger partial charge in [-0.1, -0.05) is 41.9 Å². The summed E-state index contributed by atoms with van der Waals surface area (Å²) in [6.45, 7) is 0. The van der Waals surface area contributed by atoms with Crippen molar-refractivity contribution in [3.05, 3.63) is 89.4 Å². The second kappa shape index (κ2) is 7.49. The number of hydrogen-bond donors (Lipinski definition) is 0. The molecule has 1 saturated heterocycles. The highest BCUT2D eigenvalue weighted by Crippen LogP contribution is 2.61. The lowest BCUT2D eigenvalue weighted by Crippen LogP contribution is -2.32. The van der Waals surface area contributed by atoms with Crippen molar-refractivity contribution in [2.45, 2.75) is 18.8 Å². The van der Waals surface area contributed by atoms with Crippen LogP contribution in [0.4, 0.5) is 5.69 Å². The number of amides is 2. The van der Waals surface area contributed by atoms with E-state index >= 15 is 0 Å². The van der Waals surface area contributed by atoms with Crippen LogP contribution in [-0.2, 0) is 9.59 Å². The highest BCUT2D eigenvalue weighted by molar-refractivity contribution is 6.30. The number of anilines is 1. The normalized spacial score (nSPS) is 28.3. The summed E-state index contributed by atoms with van der Waals surface area (Å²) in [4.78, 5) is 28.1. The molecule has 0 aromatic heterocycles. The molecule has 3 aromatic rings. The fourth-order valence-corrected chi connectivity index (χ4v) is 6.23. The van der Waals surface area contributed by atoms with Gasteiger partial charge in [-0.05, 0) is 84.7 Å². The van der Waals surface area contributed by atoms with E-state index in [1.165, 1.54) is 10.5 Å². The number of carbonyl (C=O) groups excluding carboxylic acids is 2. The van der Waals surface area contributed by atoms with Gasteiger partial charge in [0.15, 0.2) is 0 Å². The molecule has 5 heteroatoms. The maximum absolute atomic E-state index is 13.4. The van der Waals surface area contributed by atoms with Gasteiger partial charge in [0.2, 0.25) is 11.8 Å². The van der Waals surface area contributed by atoms with Crippen LogP contribution in [0.1, 0.15) is 24.3 Å². The first-order valence-electron chi connectivity index (χ1n) is 11.1. The zero-order chi connectivity index (χ0) is 21.8. The number of halogens is 1. The number of fused-ring (bicyclic) bond motifs is 5. The number of nitrogens with zero attached hydrogens (tertiary/aromatic N) is 1. The Hall–Kier alpha value is -3.11. The summed E-state index contributed by atoms with van der Waals surface area (Å²) in [5, 5.41) is 0.646. The molecule has 3 fully saturated rings. The molecule has 1 aliphatic heterocycles. The number of benzene rings is 3. The standard InChI is InChI=1S/C27H22ClNO3/c28-18-6-10-20(11-7-18)32-21-12-8-19(9-13-21)29-26(30)24-17-14-22(16-4-2-1-3-5-16)23(15-17)25(24)27(29)31/h1-13,17,22-25H,14-15H2. The van der Waals surface area contributed by atoms with Crippen LogP contribution in [0.5, 0.6) is 11.5 Å². The van der Waals surface area contributed by atoms with Gasteiger partial charge in [0.05, 0.1) is 17.5 Å². The van der Waals surface area contributed by atoms with Gasteiger partial charge in [-0.25, -0.2) is 0 Å². The zero-order valence-electron chi connectivity index (χ0n) is 17.4. The number of rotatable bonds is 4. The Morgan fingerprint density at radius 1 is 0.750 bits per heavy atom. The molecule has 0 N–H and O–H groups in total. The van der Waals surface area contributed by atoms with Crippen molar-refractivity contribution in [1.82, 2.24) is 0 Å². The van der Waals surface area contributed by atoms with Gasteiger partial charge < -0.3 is 4.74 Å². The van der Waals surface area contributed by atoms with Crippen molar-refractivity contribution in [1.29, 1.82) is 0 Å². The molecule has 4 nitrogen and oxygen atoms in total. The molecule has 2 bridgehead atoms. The lowest BCUT2D eigenvalue weighted by molar-refractivity contribution is -0.123. The van der Waals surface area contributed by atoms with Crippen LogP contribution in [0.25, 0.3) is 0 Å². The highest BCUT2D eigenvalue weighted by Gasteiger charge is 2.64. The van der Waals surface area contributed by atoms with Crippen molar-refractivity contribution in [2.24, 2.45) is 23.7 Å². The molecule has 32 heavy (non-hydrogen) atoms. The van der Waals surface area contributed by atoms with E-state index < -0.39 is 0 Å². The average Bonchev–Trinajstić information content (AvgIpc) is 3.48. The molecule has 6 rings (SSSR count). The minimum Gasteiger partial charge on any atom is -0.457 e. The van der Waals surface area contributed by atoms with Crippen LogP contribution in [-0.4, -0.2) is 11.8 Å². The first-order valence-corrected chi connectivity index (χ1v) is 11.4. The lowest BCUT2D eigenvalue weighted by atomic mass is 9.73. The summed E-state index contributed by atoms with van der Waals surface area (Å²) < 4.78 is 5.84. The van der Waals surface area contributed by atoms with E-state index in [1.807, 2.05) is 6.07 Å². The smallest absolute Gasteiger partial charge is 0.237 e. The molecular formula is C27H22ClNO3. The Labute approximate surface area is 191 Å².